The van der Waals surface area contributed by atoms with Crippen LogP contribution < -0.4 is 5.73 Å². The van der Waals surface area contributed by atoms with E-state index in [-0.39, 0.29) is 0 Å². The number of halogens is 1. The first-order valence-electron chi connectivity index (χ1n) is 7.73. The molecule has 0 bridgehead atoms. The van der Waals surface area contributed by atoms with E-state index in [9.17, 15) is 0 Å². The fourth-order valence-electron chi connectivity index (χ4n) is 3.51. The lowest BCUT2D eigenvalue weighted by Crippen LogP contribution is -2.49. The Bertz CT molecular complexity index is 449. The molecule has 20 heavy (non-hydrogen) atoms. The molecule has 1 heterocycles. The van der Waals surface area contributed by atoms with Gasteiger partial charge in [-0.05, 0) is 36.6 Å². The van der Waals surface area contributed by atoms with Crippen molar-refractivity contribution in [3.63, 3.8) is 0 Å². The lowest BCUT2D eigenvalue weighted by atomic mass is 10.1. The number of benzene rings is 1. The van der Waals surface area contributed by atoms with Gasteiger partial charge in [-0.1, -0.05) is 24.4 Å². The number of hydrogen-bond donors (Lipinski definition) is 1. The second-order valence-corrected chi connectivity index (χ2v) is 6.51. The fraction of sp³-hybridized carbons (Fsp3) is 0.625. The van der Waals surface area contributed by atoms with Gasteiger partial charge < -0.3 is 5.73 Å². The molecule has 2 N–H and O–H groups in total. The summed E-state index contributed by atoms with van der Waals surface area (Å²) in [4.78, 5) is 5.18. The van der Waals surface area contributed by atoms with Crippen LogP contribution in [-0.2, 0) is 6.54 Å². The largest absolute Gasteiger partial charge is 0.399 e. The summed E-state index contributed by atoms with van der Waals surface area (Å²) in [6, 6.07) is 6.63. The molecule has 1 aromatic rings. The maximum absolute atomic E-state index is 6.26. The van der Waals surface area contributed by atoms with Crippen LogP contribution in [-0.4, -0.2) is 42.0 Å². The molecule has 1 saturated carbocycles. The van der Waals surface area contributed by atoms with Crippen LogP contribution in [0.1, 0.15) is 31.2 Å². The standard InChI is InChI=1S/C16H24ClN3/c17-16-6-5-14(18)11-13(16)12-19-7-9-20(10-8-19)15-3-1-2-4-15/h5-6,11,15H,1-4,7-10,12,18H2. The van der Waals surface area contributed by atoms with E-state index in [1.165, 1.54) is 38.8 Å². The van der Waals surface area contributed by atoms with Gasteiger partial charge in [0, 0.05) is 49.5 Å². The van der Waals surface area contributed by atoms with Gasteiger partial charge in [0.1, 0.15) is 0 Å². The van der Waals surface area contributed by atoms with Crippen molar-refractivity contribution in [2.75, 3.05) is 31.9 Å². The first-order valence-corrected chi connectivity index (χ1v) is 8.10. The van der Waals surface area contributed by atoms with Crippen molar-refractivity contribution in [1.82, 2.24) is 9.80 Å². The maximum Gasteiger partial charge on any atom is 0.0452 e. The Balaban J connectivity index is 1.54. The molecule has 2 fully saturated rings. The zero-order chi connectivity index (χ0) is 13.9. The maximum atomic E-state index is 6.26. The minimum atomic E-state index is 0.800. The van der Waals surface area contributed by atoms with Crippen LogP contribution in [0.25, 0.3) is 0 Å². The number of hydrogen-bond acceptors (Lipinski definition) is 3. The molecule has 2 aliphatic rings. The Kier molecular flexibility index (Phi) is 4.49. The van der Waals surface area contributed by atoms with Crippen LogP contribution in [0.15, 0.2) is 18.2 Å². The minimum absolute atomic E-state index is 0.800. The van der Waals surface area contributed by atoms with Gasteiger partial charge in [0.2, 0.25) is 0 Å². The van der Waals surface area contributed by atoms with Crippen LogP contribution in [0.4, 0.5) is 5.69 Å². The highest BCUT2D eigenvalue weighted by Gasteiger charge is 2.26. The van der Waals surface area contributed by atoms with Crippen molar-refractivity contribution in [2.24, 2.45) is 0 Å². The van der Waals surface area contributed by atoms with Crippen LogP contribution in [0.5, 0.6) is 0 Å². The van der Waals surface area contributed by atoms with Crippen molar-refractivity contribution in [3.8, 4) is 0 Å². The Morgan fingerprint density at radius 2 is 1.80 bits per heavy atom. The Morgan fingerprint density at radius 3 is 2.50 bits per heavy atom. The summed E-state index contributed by atoms with van der Waals surface area (Å²) in [6.07, 6.45) is 5.65. The van der Waals surface area contributed by atoms with E-state index in [1.54, 1.807) is 0 Å². The predicted octanol–water partition coefficient (Wildman–Crippen LogP) is 2.98. The lowest BCUT2D eigenvalue weighted by molar-refractivity contribution is 0.0937. The number of nitrogens with zero attached hydrogens (tertiary/aromatic N) is 2. The SMILES string of the molecule is Nc1ccc(Cl)c(CN2CCN(C3CCCC3)CC2)c1. The fourth-order valence-corrected chi connectivity index (χ4v) is 3.69. The highest BCUT2D eigenvalue weighted by molar-refractivity contribution is 6.31. The molecule has 4 heteroatoms. The van der Waals surface area contributed by atoms with Crippen LogP contribution in [0.3, 0.4) is 0 Å². The molecule has 110 valence electrons. The van der Waals surface area contributed by atoms with E-state index in [2.05, 4.69) is 9.80 Å². The van der Waals surface area contributed by atoms with Gasteiger partial charge in [0.05, 0.1) is 0 Å². The quantitative estimate of drug-likeness (QED) is 0.870. The van der Waals surface area contributed by atoms with Crippen molar-refractivity contribution in [2.45, 2.75) is 38.3 Å². The smallest absolute Gasteiger partial charge is 0.0452 e. The number of nitrogen functional groups attached to an aromatic ring is 1. The number of anilines is 1. The summed E-state index contributed by atoms with van der Waals surface area (Å²) in [5.74, 6) is 0. The van der Waals surface area contributed by atoms with Crippen LogP contribution in [0, 0.1) is 0 Å². The Morgan fingerprint density at radius 1 is 1.10 bits per heavy atom. The summed E-state index contributed by atoms with van der Waals surface area (Å²) in [5.41, 5.74) is 7.81. The van der Waals surface area contributed by atoms with Gasteiger partial charge in [-0.15, -0.1) is 0 Å². The second kappa shape index (κ2) is 6.33. The topological polar surface area (TPSA) is 32.5 Å². The van der Waals surface area contributed by atoms with Crippen LogP contribution in [0.2, 0.25) is 5.02 Å². The average molecular weight is 294 g/mol. The third kappa shape index (κ3) is 3.27. The highest BCUT2D eigenvalue weighted by Crippen LogP contribution is 2.25. The molecule has 1 saturated heterocycles. The lowest BCUT2D eigenvalue weighted by Gasteiger charge is -2.38. The van der Waals surface area contributed by atoms with Crippen molar-refractivity contribution in [3.05, 3.63) is 28.8 Å². The molecule has 0 radical (unpaired) electrons. The molecule has 0 aromatic heterocycles. The summed E-state index contributed by atoms with van der Waals surface area (Å²) in [6.45, 7) is 5.60. The number of piperazine rings is 1. The molecule has 1 aliphatic heterocycles. The summed E-state index contributed by atoms with van der Waals surface area (Å²) >= 11 is 6.26. The van der Waals surface area contributed by atoms with Gasteiger partial charge in [-0.2, -0.15) is 0 Å². The van der Waals surface area contributed by atoms with E-state index in [0.29, 0.717) is 0 Å². The minimum Gasteiger partial charge on any atom is -0.399 e. The second-order valence-electron chi connectivity index (χ2n) is 6.10. The molecule has 1 aromatic carbocycles. The molecule has 0 atom stereocenters. The summed E-state index contributed by atoms with van der Waals surface area (Å²) in [7, 11) is 0. The average Bonchev–Trinajstić information content (AvgIpc) is 2.98. The third-order valence-electron chi connectivity index (χ3n) is 4.71. The number of nitrogens with two attached hydrogens (primary N) is 1. The van der Waals surface area contributed by atoms with Crippen molar-refractivity contribution in [1.29, 1.82) is 0 Å². The molecule has 0 spiro atoms. The molecular weight excluding hydrogens is 270 g/mol. The van der Waals surface area contributed by atoms with E-state index in [1.807, 2.05) is 18.2 Å². The van der Waals surface area contributed by atoms with Gasteiger partial charge in [0.15, 0.2) is 0 Å². The molecular formula is C16H24ClN3. The zero-order valence-corrected chi connectivity index (χ0v) is 12.8. The van der Waals surface area contributed by atoms with E-state index >= 15 is 0 Å². The van der Waals surface area contributed by atoms with E-state index in [0.717, 1.165) is 41.9 Å². The van der Waals surface area contributed by atoms with Gasteiger partial charge in [-0.25, -0.2) is 0 Å². The van der Waals surface area contributed by atoms with Gasteiger partial charge in [0.25, 0.3) is 0 Å². The first-order chi connectivity index (χ1) is 9.72. The first kappa shape index (κ1) is 14.2. The highest BCUT2D eigenvalue weighted by atomic mass is 35.5. The van der Waals surface area contributed by atoms with E-state index < -0.39 is 0 Å². The van der Waals surface area contributed by atoms with Crippen molar-refractivity contribution < 1.29 is 0 Å². The molecule has 0 amide bonds. The summed E-state index contributed by atoms with van der Waals surface area (Å²) in [5, 5.41) is 0.831. The Labute approximate surface area is 126 Å². The number of rotatable bonds is 3. The van der Waals surface area contributed by atoms with E-state index in [4.69, 9.17) is 17.3 Å². The normalized spacial score (nSPS) is 22.4. The molecule has 0 unspecified atom stereocenters. The molecule has 1 aliphatic carbocycles. The predicted molar refractivity (Wildman–Crippen MR) is 85.0 cm³/mol. The molecule has 3 nitrogen and oxygen atoms in total. The van der Waals surface area contributed by atoms with Gasteiger partial charge >= 0.3 is 0 Å². The summed E-state index contributed by atoms with van der Waals surface area (Å²) < 4.78 is 0. The monoisotopic (exact) mass is 293 g/mol. The Hall–Kier alpha value is -0.770. The van der Waals surface area contributed by atoms with Crippen LogP contribution >= 0.6 is 11.6 Å². The third-order valence-corrected chi connectivity index (χ3v) is 5.08. The zero-order valence-electron chi connectivity index (χ0n) is 12.0. The molecule has 3 rings (SSSR count). The van der Waals surface area contributed by atoms with Crippen molar-refractivity contribution >= 4 is 17.3 Å². The van der Waals surface area contributed by atoms with Gasteiger partial charge in [-0.3, -0.25) is 9.80 Å².